The second-order valence-electron chi connectivity index (χ2n) is 6.77. The lowest BCUT2D eigenvalue weighted by Crippen LogP contribution is -2.55. The number of nitrogens with zero attached hydrogens (tertiary/aromatic N) is 4. The number of benzene rings is 1. The van der Waals surface area contributed by atoms with Gasteiger partial charge in [0.25, 0.3) is 11.8 Å². The van der Waals surface area contributed by atoms with E-state index in [4.69, 9.17) is 0 Å². The molecule has 1 aliphatic rings. The quantitative estimate of drug-likeness (QED) is 0.814. The largest absolute Gasteiger partial charge is 0.335 e. The average molecular weight is 381 g/mol. The molecule has 146 valence electrons. The molecule has 0 aliphatic carbocycles. The van der Waals surface area contributed by atoms with Gasteiger partial charge in [-0.25, -0.2) is 0 Å². The first-order valence-electron chi connectivity index (χ1n) is 9.01. The van der Waals surface area contributed by atoms with Crippen molar-refractivity contribution in [3.8, 4) is 0 Å². The van der Waals surface area contributed by atoms with Gasteiger partial charge in [-0.1, -0.05) is 6.58 Å². The predicted molar refractivity (Wildman–Crippen MR) is 105 cm³/mol. The molecule has 0 bridgehead atoms. The summed E-state index contributed by atoms with van der Waals surface area (Å²) in [6.07, 6.45) is 4.44. The molecule has 3 rings (SSSR count). The first kappa shape index (κ1) is 19.3. The van der Waals surface area contributed by atoms with Gasteiger partial charge in [0.2, 0.25) is 5.91 Å². The third kappa shape index (κ3) is 4.11. The van der Waals surface area contributed by atoms with Crippen LogP contribution in [0.1, 0.15) is 27.6 Å². The number of piperazine rings is 1. The highest BCUT2D eigenvalue weighted by Gasteiger charge is 2.31. The lowest BCUT2D eigenvalue weighted by molar-refractivity contribution is -0.111. The zero-order valence-corrected chi connectivity index (χ0v) is 16.0. The molecule has 0 radical (unpaired) electrons. The summed E-state index contributed by atoms with van der Waals surface area (Å²) in [6, 6.07) is 6.62. The molecule has 3 amide bonds. The number of anilines is 1. The molecule has 2 aromatic rings. The second kappa shape index (κ2) is 8.08. The molecule has 1 aliphatic heterocycles. The Morgan fingerprint density at radius 3 is 2.43 bits per heavy atom. The number of amides is 3. The van der Waals surface area contributed by atoms with Crippen molar-refractivity contribution in [2.45, 2.75) is 13.0 Å². The van der Waals surface area contributed by atoms with Gasteiger partial charge < -0.3 is 15.1 Å². The van der Waals surface area contributed by atoms with E-state index in [1.807, 2.05) is 6.92 Å². The predicted octanol–water partition coefficient (Wildman–Crippen LogP) is 1.53. The van der Waals surface area contributed by atoms with Crippen LogP contribution in [0.5, 0.6) is 0 Å². The maximum absolute atomic E-state index is 12.8. The lowest BCUT2D eigenvalue weighted by Gasteiger charge is -2.39. The molecule has 1 N–H and O–H groups in total. The highest BCUT2D eigenvalue weighted by Crippen LogP contribution is 2.17. The monoisotopic (exact) mass is 381 g/mol. The van der Waals surface area contributed by atoms with Gasteiger partial charge in [0.1, 0.15) is 0 Å². The number of aromatic nitrogens is 2. The van der Waals surface area contributed by atoms with Crippen LogP contribution in [0, 0.1) is 0 Å². The lowest BCUT2D eigenvalue weighted by atomic mass is 10.1. The number of nitrogens with one attached hydrogen (secondary N) is 1. The van der Waals surface area contributed by atoms with Crippen molar-refractivity contribution < 1.29 is 14.4 Å². The van der Waals surface area contributed by atoms with Crippen LogP contribution in [0.2, 0.25) is 0 Å². The van der Waals surface area contributed by atoms with Crippen LogP contribution in [-0.2, 0) is 11.8 Å². The van der Waals surface area contributed by atoms with E-state index in [-0.39, 0.29) is 23.8 Å². The Morgan fingerprint density at radius 1 is 1.14 bits per heavy atom. The van der Waals surface area contributed by atoms with Crippen molar-refractivity contribution in [3.63, 3.8) is 0 Å². The zero-order valence-electron chi connectivity index (χ0n) is 16.0. The molecule has 28 heavy (non-hydrogen) atoms. The fourth-order valence-electron chi connectivity index (χ4n) is 3.21. The van der Waals surface area contributed by atoms with Gasteiger partial charge in [-0.15, -0.1) is 0 Å². The Balaban J connectivity index is 1.63. The van der Waals surface area contributed by atoms with Crippen molar-refractivity contribution in [2.75, 3.05) is 25.0 Å². The maximum Gasteiger partial charge on any atom is 0.257 e. The van der Waals surface area contributed by atoms with Crippen molar-refractivity contribution in [1.29, 1.82) is 0 Å². The van der Waals surface area contributed by atoms with Gasteiger partial charge in [0.05, 0.1) is 11.8 Å². The van der Waals surface area contributed by atoms with Gasteiger partial charge in [0.15, 0.2) is 0 Å². The van der Waals surface area contributed by atoms with Crippen LogP contribution in [-0.4, -0.2) is 63.0 Å². The Labute approximate surface area is 163 Å². The Morgan fingerprint density at radius 2 is 1.86 bits per heavy atom. The Hall–Kier alpha value is -3.42. The van der Waals surface area contributed by atoms with Gasteiger partial charge in [-0.05, 0) is 37.3 Å². The summed E-state index contributed by atoms with van der Waals surface area (Å²) in [6.45, 7) is 6.72. The summed E-state index contributed by atoms with van der Waals surface area (Å²) in [5.74, 6) is -0.473. The smallest absolute Gasteiger partial charge is 0.257 e. The first-order chi connectivity index (χ1) is 13.4. The highest BCUT2D eigenvalue weighted by atomic mass is 16.2. The molecule has 1 aromatic carbocycles. The van der Waals surface area contributed by atoms with Gasteiger partial charge in [-0.2, -0.15) is 5.10 Å². The zero-order chi connectivity index (χ0) is 20.3. The number of hydrogen-bond acceptors (Lipinski definition) is 4. The number of carbonyl (C=O) groups is 3. The molecule has 1 fully saturated rings. The van der Waals surface area contributed by atoms with E-state index in [0.717, 1.165) is 0 Å². The summed E-state index contributed by atoms with van der Waals surface area (Å²) in [4.78, 5) is 40.3. The molecule has 1 atom stereocenters. The minimum atomic E-state index is -0.303. The SMILES string of the molecule is C=CC(=O)Nc1ccc(C(=O)N2CCN(C(=O)c3cnn(C)c3)[C@@H](C)C2)cc1. The highest BCUT2D eigenvalue weighted by molar-refractivity contribution is 6.00. The molecule has 0 unspecified atom stereocenters. The Bertz CT molecular complexity index is 903. The van der Waals surface area contributed by atoms with E-state index >= 15 is 0 Å². The van der Waals surface area contributed by atoms with Crippen LogP contribution < -0.4 is 5.32 Å². The van der Waals surface area contributed by atoms with E-state index in [9.17, 15) is 14.4 Å². The summed E-state index contributed by atoms with van der Waals surface area (Å²) >= 11 is 0. The molecule has 1 aromatic heterocycles. The van der Waals surface area contributed by atoms with Crippen molar-refractivity contribution in [3.05, 3.63) is 60.4 Å². The van der Waals surface area contributed by atoms with Crippen LogP contribution in [0.4, 0.5) is 5.69 Å². The van der Waals surface area contributed by atoms with Crippen LogP contribution in [0.15, 0.2) is 49.3 Å². The third-order valence-corrected chi connectivity index (χ3v) is 4.71. The molecule has 8 heteroatoms. The van der Waals surface area contributed by atoms with E-state index < -0.39 is 0 Å². The van der Waals surface area contributed by atoms with Crippen LogP contribution >= 0.6 is 0 Å². The molecule has 0 saturated carbocycles. The first-order valence-corrected chi connectivity index (χ1v) is 9.01. The third-order valence-electron chi connectivity index (χ3n) is 4.71. The summed E-state index contributed by atoms with van der Waals surface area (Å²) in [7, 11) is 1.77. The minimum Gasteiger partial charge on any atom is -0.335 e. The maximum atomic E-state index is 12.8. The molecular formula is C20H23N5O3. The minimum absolute atomic E-state index is 0.0741. The standard InChI is InChI=1S/C20H23N5O3/c1-4-18(26)22-17-7-5-15(6-8-17)19(27)24-9-10-25(14(2)12-24)20(28)16-11-21-23(3)13-16/h4-8,11,13-14H,1,9-10,12H2,2-3H3,(H,22,26)/t14-/m0/s1. The number of aryl methyl sites for hydroxylation is 1. The average Bonchev–Trinajstić information content (AvgIpc) is 3.13. The fourth-order valence-corrected chi connectivity index (χ4v) is 3.21. The number of carbonyl (C=O) groups excluding carboxylic acids is 3. The summed E-state index contributed by atoms with van der Waals surface area (Å²) < 4.78 is 1.60. The van der Waals surface area contributed by atoms with Crippen LogP contribution in [0.3, 0.4) is 0 Å². The van der Waals surface area contributed by atoms with Gasteiger partial charge in [-0.3, -0.25) is 19.1 Å². The molecule has 1 saturated heterocycles. The summed E-state index contributed by atoms with van der Waals surface area (Å²) in [5, 5.41) is 6.69. The molecule has 8 nitrogen and oxygen atoms in total. The van der Waals surface area contributed by atoms with E-state index in [1.54, 1.807) is 58.2 Å². The summed E-state index contributed by atoms with van der Waals surface area (Å²) in [5.41, 5.74) is 1.68. The van der Waals surface area contributed by atoms with Gasteiger partial charge >= 0.3 is 0 Å². The normalized spacial score (nSPS) is 16.6. The topological polar surface area (TPSA) is 87.5 Å². The second-order valence-corrected chi connectivity index (χ2v) is 6.77. The van der Waals surface area contributed by atoms with E-state index in [1.165, 1.54) is 6.08 Å². The fraction of sp³-hybridized carbons (Fsp3) is 0.300. The van der Waals surface area contributed by atoms with Crippen molar-refractivity contribution in [1.82, 2.24) is 19.6 Å². The Kier molecular flexibility index (Phi) is 5.58. The van der Waals surface area contributed by atoms with E-state index in [0.29, 0.717) is 36.4 Å². The number of rotatable bonds is 4. The van der Waals surface area contributed by atoms with Crippen molar-refractivity contribution >= 4 is 23.4 Å². The molecule has 2 heterocycles. The van der Waals surface area contributed by atoms with Gasteiger partial charge in [0, 0.05) is 50.2 Å². The number of hydrogen-bond donors (Lipinski definition) is 1. The van der Waals surface area contributed by atoms with Crippen LogP contribution in [0.25, 0.3) is 0 Å². The molecule has 0 spiro atoms. The van der Waals surface area contributed by atoms with Crippen molar-refractivity contribution in [2.24, 2.45) is 7.05 Å². The molecular weight excluding hydrogens is 358 g/mol. The van der Waals surface area contributed by atoms with E-state index in [2.05, 4.69) is 17.0 Å².